The maximum Gasteiger partial charge on any atom is 0.150 e. The highest BCUT2D eigenvalue weighted by Crippen LogP contribution is 2.15. The van der Waals surface area contributed by atoms with Crippen LogP contribution in [0.4, 0.5) is 11.4 Å². The number of nitrogens with zero attached hydrogens (tertiary/aromatic N) is 1. The van der Waals surface area contributed by atoms with Crippen LogP contribution >= 0.6 is 0 Å². The molecular formula is C12H10N2O. The van der Waals surface area contributed by atoms with E-state index < -0.39 is 0 Å². The molecule has 0 spiro atoms. The Hall–Kier alpha value is -2.16. The van der Waals surface area contributed by atoms with E-state index in [9.17, 15) is 4.79 Å². The summed E-state index contributed by atoms with van der Waals surface area (Å²) in [5.74, 6) is 0. The third-order valence-corrected chi connectivity index (χ3v) is 1.97. The number of hydrogen-bond acceptors (Lipinski definition) is 3. The number of aldehydes is 1. The van der Waals surface area contributed by atoms with Crippen LogP contribution in [-0.4, -0.2) is 11.3 Å². The third kappa shape index (κ3) is 2.40. The van der Waals surface area contributed by atoms with Gasteiger partial charge >= 0.3 is 0 Å². The molecule has 2 rings (SSSR count). The molecule has 0 bridgehead atoms. The third-order valence-electron chi connectivity index (χ3n) is 1.97. The second kappa shape index (κ2) is 4.37. The highest BCUT2D eigenvalue weighted by molar-refractivity contribution is 5.77. The van der Waals surface area contributed by atoms with E-state index in [0.29, 0.717) is 5.56 Å². The van der Waals surface area contributed by atoms with Gasteiger partial charge in [-0.1, -0.05) is 12.1 Å². The van der Waals surface area contributed by atoms with Gasteiger partial charge in [0.1, 0.15) is 6.29 Å². The van der Waals surface area contributed by atoms with Crippen LogP contribution in [0, 0.1) is 0 Å². The topological polar surface area (TPSA) is 42.0 Å². The molecule has 0 atom stereocenters. The molecule has 2 aromatic rings. The molecule has 1 aromatic carbocycles. The minimum atomic E-state index is 0.656. The first-order valence-corrected chi connectivity index (χ1v) is 4.61. The molecule has 0 amide bonds. The molecule has 0 aliphatic carbocycles. The van der Waals surface area contributed by atoms with Gasteiger partial charge in [-0.05, 0) is 24.3 Å². The fourth-order valence-electron chi connectivity index (χ4n) is 1.29. The summed E-state index contributed by atoms with van der Waals surface area (Å²) >= 11 is 0. The van der Waals surface area contributed by atoms with Gasteiger partial charge in [-0.2, -0.15) is 0 Å². The van der Waals surface area contributed by atoms with Crippen LogP contribution < -0.4 is 5.32 Å². The Balaban J connectivity index is 2.21. The summed E-state index contributed by atoms with van der Waals surface area (Å²) in [5.41, 5.74) is 2.44. The monoisotopic (exact) mass is 198 g/mol. The zero-order valence-corrected chi connectivity index (χ0v) is 8.05. The fourth-order valence-corrected chi connectivity index (χ4v) is 1.29. The first-order valence-electron chi connectivity index (χ1n) is 4.61. The molecule has 3 heteroatoms. The van der Waals surface area contributed by atoms with E-state index in [1.165, 1.54) is 0 Å². The molecule has 0 fully saturated rings. The highest BCUT2D eigenvalue weighted by Gasteiger charge is 1.95. The van der Waals surface area contributed by atoms with Crippen LogP contribution in [0.5, 0.6) is 0 Å². The number of hydrogen-bond donors (Lipinski definition) is 1. The van der Waals surface area contributed by atoms with E-state index in [0.717, 1.165) is 17.7 Å². The first kappa shape index (κ1) is 9.40. The van der Waals surface area contributed by atoms with Gasteiger partial charge in [-0.3, -0.25) is 9.78 Å². The summed E-state index contributed by atoms with van der Waals surface area (Å²) in [5, 5.41) is 3.16. The number of pyridine rings is 1. The SMILES string of the molecule is O=Cc1cccc(Nc2cccnc2)c1. The second-order valence-electron chi connectivity index (χ2n) is 3.11. The van der Waals surface area contributed by atoms with Crippen molar-refractivity contribution >= 4 is 17.7 Å². The summed E-state index contributed by atoms with van der Waals surface area (Å²) in [7, 11) is 0. The van der Waals surface area contributed by atoms with Gasteiger partial charge in [-0.15, -0.1) is 0 Å². The molecule has 1 N–H and O–H groups in total. The number of rotatable bonds is 3. The van der Waals surface area contributed by atoms with Crippen molar-refractivity contribution < 1.29 is 4.79 Å². The van der Waals surface area contributed by atoms with Crippen LogP contribution in [0.15, 0.2) is 48.8 Å². The van der Waals surface area contributed by atoms with E-state index in [2.05, 4.69) is 10.3 Å². The molecule has 3 nitrogen and oxygen atoms in total. The predicted molar refractivity (Wildman–Crippen MR) is 59.3 cm³/mol. The summed E-state index contributed by atoms with van der Waals surface area (Å²) < 4.78 is 0. The van der Waals surface area contributed by atoms with Crippen molar-refractivity contribution in [2.75, 3.05) is 5.32 Å². The number of benzene rings is 1. The van der Waals surface area contributed by atoms with Crippen molar-refractivity contribution in [2.45, 2.75) is 0 Å². The van der Waals surface area contributed by atoms with Crippen LogP contribution in [0.3, 0.4) is 0 Å². The molecule has 74 valence electrons. The molecule has 0 saturated heterocycles. The van der Waals surface area contributed by atoms with Gasteiger partial charge < -0.3 is 5.32 Å². The minimum Gasteiger partial charge on any atom is -0.354 e. The number of carbonyl (C=O) groups is 1. The van der Waals surface area contributed by atoms with Crippen molar-refractivity contribution in [2.24, 2.45) is 0 Å². The zero-order valence-electron chi connectivity index (χ0n) is 8.05. The smallest absolute Gasteiger partial charge is 0.150 e. The molecule has 0 aliphatic rings. The number of aromatic nitrogens is 1. The number of nitrogens with one attached hydrogen (secondary N) is 1. The van der Waals surface area contributed by atoms with E-state index in [1.54, 1.807) is 24.5 Å². The maximum atomic E-state index is 10.6. The van der Waals surface area contributed by atoms with Gasteiger partial charge in [0.25, 0.3) is 0 Å². The summed E-state index contributed by atoms with van der Waals surface area (Å²) in [4.78, 5) is 14.6. The lowest BCUT2D eigenvalue weighted by Crippen LogP contribution is -1.91. The van der Waals surface area contributed by atoms with Gasteiger partial charge in [0, 0.05) is 17.4 Å². The Kier molecular flexibility index (Phi) is 2.74. The first-order chi connectivity index (χ1) is 7.38. The Morgan fingerprint density at radius 3 is 2.73 bits per heavy atom. The normalized spacial score (nSPS) is 9.60. The predicted octanol–water partition coefficient (Wildman–Crippen LogP) is 2.64. The Morgan fingerprint density at radius 1 is 1.13 bits per heavy atom. The van der Waals surface area contributed by atoms with Gasteiger partial charge in [0.15, 0.2) is 0 Å². The molecule has 0 aliphatic heterocycles. The molecule has 15 heavy (non-hydrogen) atoms. The molecule has 1 heterocycles. The molecule has 0 saturated carbocycles. The summed E-state index contributed by atoms with van der Waals surface area (Å²) in [6, 6.07) is 11.1. The molecule has 0 radical (unpaired) electrons. The van der Waals surface area contributed by atoms with E-state index in [1.807, 2.05) is 24.3 Å². The molecular weight excluding hydrogens is 188 g/mol. The van der Waals surface area contributed by atoms with Crippen LogP contribution in [-0.2, 0) is 0 Å². The molecule has 0 unspecified atom stereocenters. The summed E-state index contributed by atoms with van der Waals surface area (Å²) in [6.07, 6.45) is 4.27. The highest BCUT2D eigenvalue weighted by atomic mass is 16.1. The van der Waals surface area contributed by atoms with Crippen LogP contribution in [0.2, 0.25) is 0 Å². The van der Waals surface area contributed by atoms with Gasteiger partial charge in [-0.25, -0.2) is 0 Å². The fraction of sp³-hybridized carbons (Fsp3) is 0. The van der Waals surface area contributed by atoms with Crippen molar-refractivity contribution in [1.29, 1.82) is 0 Å². The largest absolute Gasteiger partial charge is 0.354 e. The van der Waals surface area contributed by atoms with Crippen molar-refractivity contribution in [3.8, 4) is 0 Å². The Morgan fingerprint density at radius 2 is 2.00 bits per heavy atom. The summed E-state index contributed by atoms with van der Waals surface area (Å²) in [6.45, 7) is 0. The lowest BCUT2D eigenvalue weighted by atomic mass is 10.2. The average molecular weight is 198 g/mol. The van der Waals surface area contributed by atoms with Gasteiger partial charge in [0.2, 0.25) is 0 Å². The van der Waals surface area contributed by atoms with Crippen molar-refractivity contribution in [1.82, 2.24) is 4.98 Å². The zero-order chi connectivity index (χ0) is 10.5. The van der Waals surface area contributed by atoms with E-state index in [4.69, 9.17) is 0 Å². The van der Waals surface area contributed by atoms with Crippen molar-refractivity contribution in [3.63, 3.8) is 0 Å². The van der Waals surface area contributed by atoms with E-state index >= 15 is 0 Å². The quantitative estimate of drug-likeness (QED) is 0.771. The maximum absolute atomic E-state index is 10.6. The minimum absolute atomic E-state index is 0.656. The molecule has 1 aromatic heterocycles. The average Bonchev–Trinajstić information content (AvgIpc) is 2.31. The Bertz CT molecular complexity index is 454. The number of anilines is 2. The second-order valence-corrected chi connectivity index (χ2v) is 3.11. The lowest BCUT2D eigenvalue weighted by molar-refractivity contribution is 0.112. The lowest BCUT2D eigenvalue weighted by Gasteiger charge is -2.05. The Labute approximate surface area is 87.8 Å². The van der Waals surface area contributed by atoms with Crippen molar-refractivity contribution in [3.05, 3.63) is 54.4 Å². The number of carbonyl (C=O) groups excluding carboxylic acids is 1. The van der Waals surface area contributed by atoms with Crippen LogP contribution in [0.1, 0.15) is 10.4 Å². The van der Waals surface area contributed by atoms with Gasteiger partial charge in [0.05, 0.1) is 11.9 Å². The standard InChI is InChI=1S/C12H10N2O/c15-9-10-3-1-4-11(7-10)14-12-5-2-6-13-8-12/h1-9,14H. The van der Waals surface area contributed by atoms with Crippen LogP contribution in [0.25, 0.3) is 0 Å². The van der Waals surface area contributed by atoms with E-state index in [-0.39, 0.29) is 0 Å².